The highest BCUT2D eigenvalue weighted by Crippen LogP contribution is 2.15. The van der Waals surface area contributed by atoms with Crippen LogP contribution in [0.3, 0.4) is 0 Å². The Hall–Kier alpha value is 0.420. The molecular formula is C46H100Cl2N2O2. The molecule has 0 fully saturated rings. The quantitative estimate of drug-likeness (QED) is 0.0371. The van der Waals surface area contributed by atoms with Crippen LogP contribution in [-0.4, -0.2) is 86.5 Å². The van der Waals surface area contributed by atoms with Gasteiger partial charge in [0.05, 0.1) is 27.2 Å². The van der Waals surface area contributed by atoms with Crippen molar-refractivity contribution < 1.29 is 27.1 Å². The van der Waals surface area contributed by atoms with Crippen LogP contribution in [0, 0.1) is 0 Å². The Labute approximate surface area is 341 Å². The Kier molecular flexibility index (Phi) is 60.8. The number of hydrogen-bond acceptors (Lipinski definition) is 3. The summed E-state index contributed by atoms with van der Waals surface area (Å²) in [6.07, 6.45) is 47.9. The maximum absolute atomic E-state index is 8.93. The van der Waals surface area contributed by atoms with Crippen LogP contribution in [0.4, 0.5) is 0 Å². The first kappa shape index (κ1) is 59.1. The Morgan fingerprint density at radius 2 is 0.635 bits per heavy atom. The number of rotatable bonds is 39. The van der Waals surface area contributed by atoms with Crippen LogP contribution < -0.4 is 12.4 Å². The summed E-state index contributed by atoms with van der Waals surface area (Å²) >= 11 is 5.14. The summed E-state index contributed by atoms with van der Waals surface area (Å²) in [5, 5.41) is 16.9. The minimum atomic E-state index is 0. The number of halogens is 2. The molecular weight excluding hydrogens is 683 g/mol. The van der Waals surface area contributed by atoms with Crippen molar-refractivity contribution in [2.75, 3.05) is 66.9 Å². The first-order valence-electron chi connectivity index (χ1n) is 23.1. The van der Waals surface area contributed by atoms with E-state index in [0.29, 0.717) is 18.9 Å². The van der Waals surface area contributed by atoms with Gasteiger partial charge in [0.25, 0.3) is 0 Å². The second-order valence-corrected chi connectivity index (χ2v) is 17.0. The van der Waals surface area contributed by atoms with E-state index in [0.717, 1.165) is 17.4 Å². The second-order valence-electron chi connectivity index (χ2n) is 16.6. The minimum Gasteiger partial charge on any atom is -1.00 e. The Balaban J connectivity index is -0.000000389. The van der Waals surface area contributed by atoms with Crippen molar-refractivity contribution in [2.45, 2.75) is 232 Å². The van der Waals surface area contributed by atoms with Gasteiger partial charge in [-0.25, -0.2) is 0 Å². The molecule has 0 spiro atoms. The van der Waals surface area contributed by atoms with Gasteiger partial charge in [0.2, 0.25) is 0 Å². The number of unbranched alkanes of at least 4 members (excludes halogenated alkanes) is 30. The lowest BCUT2D eigenvalue weighted by molar-refractivity contribution is -0.890. The fourth-order valence-electron chi connectivity index (χ4n) is 6.73. The highest BCUT2D eigenvalue weighted by Gasteiger charge is 2.13. The maximum atomic E-state index is 8.93. The van der Waals surface area contributed by atoms with E-state index in [9.17, 15) is 0 Å². The Morgan fingerprint density at radius 3 is 0.865 bits per heavy atom. The number of alkyl halides is 1. The third kappa shape index (κ3) is 62.4. The molecule has 4 nitrogen and oxygen atoms in total. The largest absolute Gasteiger partial charge is 1.00 e. The van der Waals surface area contributed by atoms with Gasteiger partial charge in [0, 0.05) is 25.5 Å². The maximum Gasteiger partial charge on any atom is 0.0804 e. The van der Waals surface area contributed by atoms with Crippen molar-refractivity contribution in [3.63, 3.8) is 0 Å². The number of hydrogen-bond donors (Lipinski definition) is 2. The van der Waals surface area contributed by atoms with Crippen LogP contribution in [0.15, 0.2) is 0 Å². The summed E-state index contributed by atoms with van der Waals surface area (Å²) in [7, 11) is 8.93. The molecule has 0 heterocycles. The molecule has 0 rings (SSSR count). The molecule has 0 aliphatic heterocycles. The van der Waals surface area contributed by atoms with Gasteiger partial charge in [0.1, 0.15) is 0 Å². The molecule has 0 saturated heterocycles. The lowest BCUT2D eigenvalue weighted by Crippen LogP contribution is -3.00. The standard InChI is InChI=1S/C23H50NO.C20H43N.C3H7ClO.ClH/c1-4-5-6-7-8-9-10-11-12-13-14-15-16-17-18-19-21-24(2,3)22-20-23-25;1-4-5-6-7-8-9-10-11-12-13-14-15-16-17-18-19-20-21(2)3;4-2-1-3-5;/h25H,4-23H2,1-3H3;4-20H2,1-3H3;5H,1-3H2;1H/q+1;;;/p-1. The predicted molar refractivity (Wildman–Crippen MR) is 234 cm³/mol. The lowest BCUT2D eigenvalue weighted by atomic mass is 10.0. The van der Waals surface area contributed by atoms with E-state index in [1.165, 1.54) is 219 Å². The molecule has 320 valence electrons. The normalized spacial score (nSPS) is 11.2. The molecule has 2 N–H and O–H groups in total. The van der Waals surface area contributed by atoms with Gasteiger partial charge in [0.15, 0.2) is 0 Å². The van der Waals surface area contributed by atoms with Crippen LogP contribution in [0.5, 0.6) is 0 Å². The molecule has 0 saturated carbocycles. The van der Waals surface area contributed by atoms with Crippen molar-refractivity contribution in [2.24, 2.45) is 0 Å². The monoisotopic (exact) mass is 783 g/mol. The second kappa shape index (κ2) is 53.5. The van der Waals surface area contributed by atoms with Crippen molar-refractivity contribution >= 4 is 11.6 Å². The molecule has 0 aliphatic rings. The van der Waals surface area contributed by atoms with E-state index < -0.39 is 0 Å². The van der Waals surface area contributed by atoms with Gasteiger partial charge in [-0.3, -0.25) is 0 Å². The molecule has 0 radical (unpaired) electrons. The van der Waals surface area contributed by atoms with Gasteiger partial charge in [-0.05, 0) is 46.3 Å². The minimum absolute atomic E-state index is 0. The van der Waals surface area contributed by atoms with Crippen LogP contribution in [0.2, 0.25) is 0 Å². The van der Waals surface area contributed by atoms with Crippen molar-refractivity contribution in [1.82, 2.24) is 4.90 Å². The first-order chi connectivity index (χ1) is 24.8. The molecule has 0 aromatic heterocycles. The highest BCUT2D eigenvalue weighted by molar-refractivity contribution is 6.17. The van der Waals surface area contributed by atoms with E-state index in [4.69, 9.17) is 21.8 Å². The molecule has 6 heteroatoms. The van der Waals surface area contributed by atoms with Gasteiger partial charge < -0.3 is 32.0 Å². The smallest absolute Gasteiger partial charge is 0.0804 e. The van der Waals surface area contributed by atoms with Crippen LogP contribution in [0.1, 0.15) is 232 Å². The van der Waals surface area contributed by atoms with E-state index in [1.807, 2.05) is 0 Å². The highest BCUT2D eigenvalue weighted by atomic mass is 35.5. The molecule has 0 atom stereocenters. The zero-order chi connectivity index (χ0) is 38.4. The Morgan fingerprint density at radius 1 is 0.385 bits per heavy atom. The van der Waals surface area contributed by atoms with Gasteiger partial charge >= 0.3 is 0 Å². The summed E-state index contributed by atoms with van der Waals surface area (Å²) in [4.78, 5) is 2.30. The van der Waals surface area contributed by atoms with Crippen molar-refractivity contribution in [1.29, 1.82) is 0 Å². The summed E-state index contributed by atoms with van der Waals surface area (Å²) < 4.78 is 1.07. The lowest BCUT2D eigenvalue weighted by Gasteiger charge is -2.29. The van der Waals surface area contributed by atoms with Gasteiger partial charge in [-0.2, -0.15) is 0 Å². The zero-order valence-electron chi connectivity index (χ0n) is 36.8. The van der Waals surface area contributed by atoms with Crippen molar-refractivity contribution in [3.05, 3.63) is 0 Å². The average Bonchev–Trinajstić information content (AvgIpc) is 3.11. The fraction of sp³-hybridized carbons (Fsp3) is 1.00. The van der Waals surface area contributed by atoms with E-state index in [-0.39, 0.29) is 19.0 Å². The molecule has 0 unspecified atom stereocenters. The first-order valence-corrected chi connectivity index (χ1v) is 23.6. The summed E-state index contributed by atoms with van der Waals surface area (Å²) in [5.41, 5.74) is 0. The molecule has 0 bridgehead atoms. The van der Waals surface area contributed by atoms with E-state index in [2.05, 4.69) is 46.9 Å². The topological polar surface area (TPSA) is 43.7 Å². The van der Waals surface area contributed by atoms with Crippen molar-refractivity contribution in [3.8, 4) is 0 Å². The van der Waals surface area contributed by atoms with Crippen LogP contribution in [0.25, 0.3) is 0 Å². The van der Waals surface area contributed by atoms with Crippen LogP contribution >= 0.6 is 11.6 Å². The van der Waals surface area contributed by atoms with E-state index in [1.54, 1.807) is 0 Å². The third-order valence-electron chi connectivity index (χ3n) is 10.3. The van der Waals surface area contributed by atoms with Crippen LogP contribution in [-0.2, 0) is 0 Å². The number of aliphatic hydroxyl groups excluding tert-OH is 2. The molecule has 0 aliphatic carbocycles. The zero-order valence-corrected chi connectivity index (χ0v) is 38.3. The molecule has 0 amide bonds. The molecule has 0 aromatic carbocycles. The van der Waals surface area contributed by atoms with E-state index >= 15 is 0 Å². The number of quaternary nitrogens is 1. The predicted octanol–water partition coefficient (Wildman–Crippen LogP) is 11.1. The molecule has 0 aromatic rings. The summed E-state index contributed by atoms with van der Waals surface area (Å²) in [6.45, 7) is 8.76. The Bertz CT molecular complexity index is 579. The average molecular weight is 784 g/mol. The fourth-order valence-corrected chi connectivity index (χ4v) is 6.85. The van der Waals surface area contributed by atoms with Gasteiger partial charge in [-0.15, -0.1) is 11.6 Å². The molecule has 52 heavy (non-hydrogen) atoms. The third-order valence-corrected chi connectivity index (χ3v) is 10.6. The number of nitrogens with zero attached hydrogens (tertiary/aromatic N) is 2. The van der Waals surface area contributed by atoms with Gasteiger partial charge in [-0.1, -0.05) is 200 Å². The summed E-state index contributed by atoms with van der Waals surface area (Å²) in [6, 6.07) is 0. The summed E-state index contributed by atoms with van der Waals surface area (Å²) in [5.74, 6) is 0.566. The number of aliphatic hydroxyl groups is 2. The SMILES string of the molecule is CCCCCCCCCCCCCCCCCCN(C)C.CCCCCCCCCCCCCCCCCC[N+](C)(C)CCCO.OCCCCl.[Cl-].